The molecule has 1 amide bonds. The van der Waals surface area contributed by atoms with Crippen LogP contribution < -0.4 is 5.32 Å². The van der Waals surface area contributed by atoms with E-state index >= 15 is 0 Å². The highest BCUT2D eigenvalue weighted by molar-refractivity contribution is 6.03. The predicted octanol–water partition coefficient (Wildman–Crippen LogP) is 3.26. The summed E-state index contributed by atoms with van der Waals surface area (Å²) in [4.78, 5) is 12.3. The summed E-state index contributed by atoms with van der Waals surface area (Å²) in [5, 5.41) is 15.5. The molecule has 7 heteroatoms. The van der Waals surface area contributed by atoms with Crippen molar-refractivity contribution in [2.24, 2.45) is 5.92 Å². The SMILES string of the molecule is CC(C)Cn1cc(C(F)F)c(C(=O)Nc2ccc(CCO)cc2)n1. The molecule has 0 radical (unpaired) electrons. The molecular formula is C17H21F2N3O2. The Balaban J connectivity index is 2.17. The monoisotopic (exact) mass is 337 g/mol. The molecule has 2 rings (SSSR count). The van der Waals surface area contributed by atoms with Gasteiger partial charge in [-0.3, -0.25) is 9.48 Å². The number of halogens is 2. The molecule has 2 aromatic rings. The molecule has 0 spiro atoms. The number of alkyl halides is 2. The third-order valence-corrected chi connectivity index (χ3v) is 3.40. The van der Waals surface area contributed by atoms with Gasteiger partial charge in [-0.25, -0.2) is 8.78 Å². The van der Waals surface area contributed by atoms with Gasteiger partial charge in [0.25, 0.3) is 12.3 Å². The zero-order valence-corrected chi connectivity index (χ0v) is 13.7. The number of hydrogen-bond acceptors (Lipinski definition) is 3. The van der Waals surface area contributed by atoms with E-state index in [2.05, 4.69) is 10.4 Å². The van der Waals surface area contributed by atoms with Crippen LogP contribution in [0.1, 0.15) is 41.9 Å². The lowest BCUT2D eigenvalue weighted by Crippen LogP contribution is -2.15. The van der Waals surface area contributed by atoms with Crippen molar-refractivity contribution >= 4 is 11.6 Å². The quantitative estimate of drug-likeness (QED) is 0.815. The van der Waals surface area contributed by atoms with Crippen molar-refractivity contribution < 1.29 is 18.7 Å². The standard InChI is InChI=1S/C17H21F2N3O2/c1-11(2)9-22-10-14(16(18)19)15(21-22)17(24)20-13-5-3-12(4-6-13)7-8-23/h3-6,10-11,16,23H,7-9H2,1-2H3,(H,20,24). The number of carbonyl (C=O) groups is 1. The molecule has 0 fully saturated rings. The van der Waals surface area contributed by atoms with E-state index < -0.39 is 12.3 Å². The van der Waals surface area contributed by atoms with E-state index in [0.717, 1.165) is 5.56 Å². The molecule has 0 unspecified atom stereocenters. The zero-order chi connectivity index (χ0) is 17.7. The Morgan fingerprint density at radius 2 is 1.96 bits per heavy atom. The zero-order valence-electron chi connectivity index (χ0n) is 13.7. The molecule has 0 bridgehead atoms. The molecular weight excluding hydrogens is 316 g/mol. The fourth-order valence-corrected chi connectivity index (χ4v) is 2.31. The maximum Gasteiger partial charge on any atom is 0.276 e. The molecule has 0 aliphatic rings. The van der Waals surface area contributed by atoms with Crippen molar-refractivity contribution in [3.63, 3.8) is 0 Å². The summed E-state index contributed by atoms with van der Waals surface area (Å²) in [5.41, 5.74) is 0.778. The van der Waals surface area contributed by atoms with Gasteiger partial charge >= 0.3 is 0 Å². The number of rotatable bonds is 7. The van der Waals surface area contributed by atoms with E-state index in [1.54, 1.807) is 24.3 Å². The maximum absolute atomic E-state index is 13.2. The average Bonchev–Trinajstić information content (AvgIpc) is 2.93. The van der Waals surface area contributed by atoms with E-state index in [0.29, 0.717) is 18.7 Å². The second-order valence-electron chi connectivity index (χ2n) is 5.97. The van der Waals surface area contributed by atoms with Crippen LogP contribution in [0.3, 0.4) is 0 Å². The minimum Gasteiger partial charge on any atom is -0.396 e. The number of carbonyl (C=O) groups excluding carboxylic acids is 1. The summed E-state index contributed by atoms with van der Waals surface area (Å²) >= 11 is 0. The number of amides is 1. The first-order valence-electron chi connectivity index (χ1n) is 7.77. The van der Waals surface area contributed by atoms with Crippen LogP contribution in [-0.2, 0) is 13.0 Å². The molecule has 1 aromatic heterocycles. The topological polar surface area (TPSA) is 67.2 Å². The van der Waals surface area contributed by atoms with Crippen molar-refractivity contribution in [2.45, 2.75) is 33.2 Å². The van der Waals surface area contributed by atoms with Gasteiger partial charge in [0.15, 0.2) is 5.69 Å². The van der Waals surface area contributed by atoms with Gasteiger partial charge in [0.05, 0.1) is 5.56 Å². The molecule has 1 aromatic carbocycles. The molecule has 2 N–H and O–H groups in total. The third kappa shape index (κ3) is 4.61. The van der Waals surface area contributed by atoms with Crippen molar-refractivity contribution in [1.29, 1.82) is 0 Å². The van der Waals surface area contributed by atoms with Crippen LogP contribution in [0.5, 0.6) is 0 Å². The van der Waals surface area contributed by atoms with Crippen LogP contribution in [0, 0.1) is 5.92 Å². The number of aliphatic hydroxyl groups is 1. The van der Waals surface area contributed by atoms with Crippen LogP contribution in [0.2, 0.25) is 0 Å². The Morgan fingerprint density at radius 3 is 2.50 bits per heavy atom. The minimum atomic E-state index is -2.77. The van der Waals surface area contributed by atoms with Gasteiger partial charge < -0.3 is 10.4 Å². The second-order valence-corrected chi connectivity index (χ2v) is 5.97. The number of nitrogens with zero attached hydrogens (tertiary/aromatic N) is 2. The fourth-order valence-electron chi connectivity index (χ4n) is 2.31. The van der Waals surface area contributed by atoms with Gasteiger partial charge in [-0.15, -0.1) is 0 Å². The molecule has 5 nitrogen and oxygen atoms in total. The first-order chi connectivity index (χ1) is 11.4. The molecule has 1 heterocycles. The van der Waals surface area contributed by atoms with Crippen LogP contribution in [0.4, 0.5) is 14.5 Å². The summed E-state index contributed by atoms with van der Waals surface area (Å²) in [5.74, 6) is -0.437. The smallest absolute Gasteiger partial charge is 0.276 e. The van der Waals surface area contributed by atoms with Crippen LogP contribution in [0.15, 0.2) is 30.5 Å². The highest BCUT2D eigenvalue weighted by Crippen LogP contribution is 2.23. The van der Waals surface area contributed by atoms with Crippen LogP contribution in [0.25, 0.3) is 0 Å². The van der Waals surface area contributed by atoms with Gasteiger partial charge in [-0.1, -0.05) is 26.0 Å². The second kappa shape index (κ2) is 8.01. The number of hydrogen-bond donors (Lipinski definition) is 2. The van der Waals surface area contributed by atoms with Gasteiger partial charge in [0.1, 0.15) is 0 Å². The Kier molecular flexibility index (Phi) is 6.03. The third-order valence-electron chi connectivity index (χ3n) is 3.40. The van der Waals surface area contributed by atoms with E-state index in [1.165, 1.54) is 10.9 Å². The molecule has 0 aliphatic carbocycles. The normalized spacial score (nSPS) is 11.3. The number of benzene rings is 1. The van der Waals surface area contributed by atoms with Gasteiger partial charge in [0.2, 0.25) is 0 Å². The van der Waals surface area contributed by atoms with Crippen molar-refractivity contribution in [1.82, 2.24) is 9.78 Å². The number of anilines is 1. The predicted molar refractivity (Wildman–Crippen MR) is 87.2 cm³/mol. The molecule has 24 heavy (non-hydrogen) atoms. The summed E-state index contributed by atoms with van der Waals surface area (Å²) < 4.78 is 27.7. The number of aromatic nitrogens is 2. The number of aliphatic hydroxyl groups excluding tert-OH is 1. The Hall–Kier alpha value is -2.28. The van der Waals surface area contributed by atoms with E-state index in [9.17, 15) is 13.6 Å². The van der Waals surface area contributed by atoms with Gasteiger partial charge in [-0.05, 0) is 30.0 Å². The van der Waals surface area contributed by atoms with E-state index in [4.69, 9.17) is 5.11 Å². The van der Waals surface area contributed by atoms with Crippen LogP contribution in [-0.4, -0.2) is 27.4 Å². The minimum absolute atomic E-state index is 0.0384. The van der Waals surface area contributed by atoms with Crippen molar-refractivity contribution in [3.8, 4) is 0 Å². The van der Waals surface area contributed by atoms with Crippen molar-refractivity contribution in [2.75, 3.05) is 11.9 Å². The summed E-state index contributed by atoms with van der Waals surface area (Å²) in [6, 6.07) is 6.85. The lowest BCUT2D eigenvalue weighted by molar-refractivity contribution is 0.100. The first-order valence-corrected chi connectivity index (χ1v) is 7.77. The summed E-state index contributed by atoms with van der Waals surface area (Å²) in [7, 11) is 0. The Bertz CT molecular complexity index is 682. The fraction of sp³-hybridized carbons (Fsp3) is 0.412. The largest absolute Gasteiger partial charge is 0.396 e. The van der Waals surface area contributed by atoms with E-state index in [1.807, 2.05) is 13.8 Å². The highest BCUT2D eigenvalue weighted by atomic mass is 19.3. The van der Waals surface area contributed by atoms with E-state index in [-0.39, 0.29) is 23.8 Å². The molecule has 0 atom stereocenters. The molecule has 0 saturated carbocycles. The van der Waals surface area contributed by atoms with Gasteiger partial charge in [-0.2, -0.15) is 5.10 Å². The van der Waals surface area contributed by atoms with Gasteiger partial charge in [0, 0.05) is 25.0 Å². The molecule has 0 saturated heterocycles. The lowest BCUT2D eigenvalue weighted by Gasteiger charge is -2.06. The maximum atomic E-state index is 13.2. The highest BCUT2D eigenvalue weighted by Gasteiger charge is 2.23. The average molecular weight is 337 g/mol. The van der Waals surface area contributed by atoms with Crippen LogP contribution >= 0.6 is 0 Å². The molecule has 0 aliphatic heterocycles. The lowest BCUT2D eigenvalue weighted by atomic mass is 10.1. The summed E-state index contributed by atoms with van der Waals surface area (Å²) in [6.45, 7) is 4.38. The number of nitrogens with one attached hydrogen (secondary N) is 1. The van der Waals surface area contributed by atoms with Crippen molar-refractivity contribution in [3.05, 3.63) is 47.3 Å². The Morgan fingerprint density at radius 1 is 1.29 bits per heavy atom. The molecule has 130 valence electrons. The summed E-state index contributed by atoms with van der Waals surface area (Å²) in [6.07, 6.45) is -1.02. The Labute approximate surface area is 139 Å². The first kappa shape index (κ1) is 18.1.